The zero-order valence-electron chi connectivity index (χ0n) is 13.7. The van der Waals surface area contributed by atoms with Crippen molar-refractivity contribution in [2.75, 3.05) is 18.4 Å². The maximum Gasteiger partial charge on any atom is 0.280 e. The Morgan fingerprint density at radius 1 is 1.32 bits per heavy atom. The van der Waals surface area contributed by atoms with Gasteiger partial charge in [0.25, 0.3) is 5.91 Å². The third kappa shape index (κ3) is 3.50. The average molecular weight is 324 g/mol. The Kier molecular flexibility index (Phi) is 4.92. The maximum absolute atomic E-state index is 12.3. The van der Waals surface area contributed by atoms with Crippen LogP contribution in [0.25, 0.3) is 0 Å². The van der Waals surface area contributed by atoms with Gasteiger partial charge in [0.15, 0.2) is 6.54 Å². The number of amides is 1. The summed E-state index contributed by atoms with van der Waals surface area (Å²) in [7, 11) is 0. The van der Waals surface area contributed by atoms with Crippen LogP contribution >= 0.6 is 11.3 Å². The molecule has 5 nitrogen and oxygen atoms in total. The number of rotatable bonds is 5. The molecule has 122 valence electrons. The second-order valence-electron chi connectivity index (χ2n) is 6.78. The molecular weight excluding hydrogens is 300 g/mol. The van der Waals surface area contributed by atoms with E-state index in [0.29, 0.717) is 11.5 Å². The minimum atomic E-state index is -1.19. The van der Waals surface area contributed by atoms with Gasteiger partial charge in [-0.2, -0.15) is 0 Å². The van der Waals surface area contributed by atoms with Gasteiger partial charge in [0.1, 0.15) is 5.00 Å². The highest BCUT2D eigenvalue weighted by molar-refractivity contribution is 7.17. The minimum Gasteiger partial charge on any atom is -0.545 e. The fraction of sp³-hybridized carbons (Fsp3) is 0.625. The quantitative estimate of drug-likeness (QED) is 0.815. The first-order valence-corrected chi connectivity index (χ1v) is 8.56. The second kappa shape index (κ2) is 6.38. The third-order valence-corrected chi connectivity index (χ3v) is 5.45. The Morgan fingerprint density at radius 3 is 2.55 bits per heavy atom. The third-order valence-electron chi connectivity index (χ3n) is 4.24. The van der Waals surface area contributed by atoms with Gasteiger partial charge in [0.2, 0.25) is 0 Å². The number of hydrogen-bond donors (Lipinski definition) is 2. The van der Waals surface area contributed by atoms with E-state index in [1.807, 2.05) is 6.92 Å². The molecule has 0 saturated heterocycles. The molecule has 2 N–H and O–H groups in total. The van der Waals surface area contributed by atoms with Gasteiger partial charge in [0.05, 0.1) is 18.1 Å². The van der Waals surface area contributed by atoms with Crippen LogP contribution in [0.1, 0.15) is 54.9 Å². The number of likely N-dealkylation sites (N-methyl/N-ethyl adjacent to an activating group) is 1. The van der Waals surface area contributed by atoms with E-state index in [4.69, 9.17) is 0 Å². The molecule has 1 amide bonds. The lowest BCUT2D eigenvalue weighted by atomic mass is 10.1. The van der Waals surface area contributed by atoms with E-state index in [2.05, 4.69) is 26.1 Å². The fourth-order valence-electron chi connectivity index (χ4n) is 2.99. The van der Waals surface area contributed by atoms with Crippen LogP contribution in [0, 0.1) is 0 Å². The van der Waals surface area contributed by atoms with Crippen LogP contribution in [0.5, 0.6) is 0 Å². The van der Waals surface area contributed by atoms with E-state index in [9.17, 15) is 14.7 Å². The van der Waals surface area contributed by atoms with Crippen LogP contribution in [-0.2, 0) is 17.6 Å². The van der Waals surface area contributed by atoms with Crippen molar-refractivity contribution >= 4 is 28.2 Å². The summed E-state index contributed by atoms with van der Waals surface area (Å²) >= 11 is 1.39. The lowest BCUT2D eigenvalue weighted by Crippen LogP contribution is -3.19. The lowest BCUT2D eigenvalue weighted by Gasteiger charge is -2.30. The van der Waals surface area contributed by atoms with Crippen LogP contribution in [0.15, 0.2) is 0 Å². The zero-order chi connectivity index (χ0) is 16.5. The maximum atomic E-state index is 12.3. The van der Waals surface area contributed by atoms with Crippen molar-refractivity contribution in [2.24, 2.45) is 0 Å². The Bertz CT molecular complexity index is 587. The molecule has 0 aromatic carbocycles. The molecule has 22 heavy (non-hydrogen) atoms. The Labute approximate surface area is 135 Å². The molecule has 6 heteroatoms. The molecule has 0 saturated carbocycles. The van der Waals surface area contributed by atoms with Gasteiger partial charge in [-0.3, -0.25) is 4.79 Å². The largest absolute Gasteiger partial charge is 0.545 e. The number of aromatic carboxylic acids is 1. The molecule has 0 aliphatic heterocycles. The predicted molar refractivity (Wildman–Crippen MR) is 85.4 cm³/mol. The van der Waals surface area contributed by atoms with E-state index < -0.39 is 5.97 Å². The van der Waals surface area contributed by atoms with Crippen LogP contribution in [0.2, 0.25) is 0 Å². The van der Waals surface area contributed by atoms with Gasteiger partial charge >= 0.3 is 0 Å². The number of aryl methyl sites for hydroxylation is 1. The summed E-state index contributed by atoms with van der Waals surface area (Å²) in [6.45, 7) is 9.47. The Hall–Kier alpha value is -1.40. The molecule has 0 radical (unpaired) electrons. The highest BCUT2D eigenvalue weighted by Crippen LogP contribution is 2.38. The summed E-state index contributed by atoms with van der Waals surface area (Å²) in [5, 5.41) is 14.6. The highest BCUT2D eigenvalue weighted by atomic mass is 32.1. The van der Waals surface area contributed by atoms with Crippen molar-refractivity contribution in [2.45, 2.75) is 52.5 Å². The lowest BCUT2D eigenvalue weighted by molar-refractivity contribution is -0.937. The van der Waals surface area contributed by atoms with Crippen molar-refractivity contribution in [3.8, 4) is 0 Å². The molecule has 1 heterocycles. The predicted octanol–water partition coefficient (Wildman–Crippen LogP) is 0.242. The molecule has 1 aromatic heterocycles. The Balaban J connectivity index is 2.14. The molecular formula is C16H24N2O3S. The first-order valence-electron chi connectivity index (χ1n) is 7.75. The number of carbonyl (C=O) groups excluding carboxylic acids is 2. The number of anilines is 1. The van der Waals surface area contributed by atoms with Gasteiger partial charge in [-0.05, 0) is 52.5 Å². The molecule has 1 aliphatic carbocycles. The summed E-state index contributed by atoms with van der Waals surface area (Å²) in [6.07, 6.45) is 2.64. The fourth-order valence-corrected chi connectivity index (χ4v) is 4.29. The highest BCUT2D eigenvalue weighted by Gasteiger charge is 2.28. The van der Waals surface area contributed by atoms with E-state index >= 15 is 0 Å². The normalized spacial score (nSPS) is 15.5. The van der Waals surface area contributed by atoms with E-state index in [0.717, 1.165) is 41.1 Å². The Morgan fingerprint density at radius 2 is 2.00 bits per heavy atom. The van der Waals surface area contributed by atoms with Gasteiger partial charge < -0.3 is 20.1 Å². The summed E-state index contributed by atoms with van der Waals surface area (Å²) < 4.78 is 0. The molecule has 0 fully saturated rings. The summed E-state index contributed by atoms with van der Waals surface area (Å²) in [4.78, 5) is 25.9. The van der Waals surface area contributed by atoms with Crippen molar-refractivity contribution in [3.05, 3.63) is 16.0 Å². The first-order chi connectivity index (χ1) is 10.2. The second-order valence-corrected chi connectivity index (χ2v) is 7.89. The standard InChI is InChI=1S/C16H24N2O3S/c1-5-18(16(2,3)4)9-12(19)17-14-13(15(20)21)10-7-6-8-11(10)22-14/h5-9H2,1-4H3,(H,17,19)(H,20,21). The first kappa shape index (κ1) is 17.0. The van der Waals surface area contributed by atoms with E-state index in [-0.39, 0.29) is 17.0 Å². The zero-order valence-corrected chi connectivity index (χ0v) is 14.5. The molecule has 2 rings (SSSR count). The van der Waals surface area contributed by atoms with E-state index in [1.165, 1.54) is 11.3 Å². The number of hydrogen-bond acceptors (Lipinski definition) is 4. The monoisotopic (exact) mass is 324 g/mol. The molecule has 0 bridgehead atoms. The van der Waals surface area contributed by atoms with Gasteiger partial charge in [0, 0.05) is 10.4 Å². The van der Waals surface area contributed by atoms with Crippen LogP contribution in [0.4, 0.5) is 5.00 Å². The topological polar surface area (TPSA) is 73.7 Å². The van der Waals surface area contributed by atoms with Crippen LogP contribution in [0.3, 0.4) is 0 Å². The number of carbonyl (C=O) groups is 2. The number of carboxylic acids is 1. The number of carboxylic acid groups (broad SMARTS) is 1. The molecule has 1 aromatic rings. The van der Waals surface area contributed by atoms with Crippen LogP contribution < -0.4 is 15.3 Å². The van der Waals surface area contributed by atoms with E-state index in [1.54, 1.807) is 0 Å². The van der Waals surface area contributed by atoms with Crippen molar-refractivity contribution < 1.29 is 19.6 Å². The summed E-state index contributed by atoms with van der Waals surface area (Å²) in [5.41, 5.74) is 1.02. The number of quaternary nitrogens is 1. The SMILES string of the molecule is CC[NH+](CC(=O)Nc1sc2c(c1C(=O)[O-])CCC2)C(C)(C)C. The number of fused-ring (bicyclic) bond motifs is 1. The summed E-state index contributed by atoms with van der Waals surface area (Å²) in [5.74, 6) is -1.33. The van der Waals surface area contributed by atoms with Gasteiger partial charge in [-0.25, -0.2) is 0 Å². The minimum absolute atomic E-state index is 0.0273. The number of thiophene rings is 1. The molecule has 1 atom stereocenters. The summed E-state index contributed by atoms with van der Waals surface area (Å²) in [6, 6.07) is 0. The van der Waals surface area contributed by atoms with Crippen LogP contribution in [-0.4, -0.2) is 30.5 Å². The smallest absolute Gasteiger partial charge is 0.280 e. The number of nitrogens with one attached hydrogen (secondary N) is 2. The molecule has 0 spiro atoms. The van der Waals surface area contributed by atoms with Crippen molar-refractivity contribution in [1.29, 1.82) is 0 Å². The van der Waals surface area contributed by atoms with Gasteiger partial charge in [-0.15, -0.1) is 11.3 Å². The van der Waals surface area contributed by atoms with Crippen molar-refractivity contribution in [3.63, 3.8) is 0 Å². The molecule has 1 aliphatic rings. The van der Waals surface area contributed by atoms with Crippen molar-refractivity contribution in [1.82, 2.24) is 0 Å². The molecule has 1 unspecified atom stereocenters. The average Bonchev–Trinajstić information content (AvgIpc) is 2.93. The van der Waals surface area contributed by atoms with Gasteiger partial charge in [-0.1, -0.05) is 0 Å².